The summed E-state index contributed by atoms with van der Waals surface area (Å²) in [6, 6.07) is 8.97. The van der Waals surface area contributed by atoms with Crippen molar-refractivity contribution >= 4 is 17.7 Å². The van der Waals surface area contributed by atoms with Crippen LogP contribution in [0.25, 0.3) is 0 Å². The van der Waals surface area contributed by atoms with Gasteiger partial charge in [-0.15, -0.1) is 13.2 Å². The van der Waals surface area contributed by atoms with Crippen LogP contribution in [-0.4, -0.2) is 31.8 Å². The van der Waals surface area contributed by atoms with Crippen LogP contribution in [0.15, 0.2) is 66.5 Å². The summed E-state index contributed by atoms with van der Waals surface area (Å²) in [5.74, 6) is 0.0435. The molecule has 1 heterocycles. The molecule has 0 unspecified atom stereocenters. The van der Waals surface area contributed by atoms with Gasteiger partial charge in [0.1, 0.15) is 17.3 Å². The van der Waals surface area contributed by atoms with Crippen LogP contribution in [0, 0.1) is 0 Å². The third-order valence-electron chi connectivity index (χ3n) is 3.24. The number of pyridine rings is 1. The van der Waals surface area contributed by atoms with Gasteiger partial charge in [-0.1, -0.05) is 6.07 Å². The second kappa shape index (κ2) is 11.8. The summed E-state index contributed by atoms with van der Waals surface area (Å²) in [6.45, 7) is 0. The van der Waals surface area contributed by atoms with Gasteiger partial charge in [-0.05, 0) is 30.3 Å². The molecule has 8 nitrogen and oxygen atoms in total. The molecule has 0 amide bonds. The van der Waals surface area contributed by atoms with E-state index >= 15 is 0 Å². The van der Waals surface area contributed by atoms with E-state index < -0.39 is 6.36 Å². The van der Waals surface area contributed by atoms with Crippen LogP contribution in [0.5, 0.6) is 5.75 Å². The van der Waals surface area contributed by atoms with Gasteiger partial charge in [-0.25, -0.2) is 0 Å². The lowest BCUT2D eigenvalue weighted by Crippen LogP contribution is -2.17. The Morgan fingerprint density at radius 3 is 2.37 bits per heavy atom. The number of nitrogens with zero attached hydrogens (tertiary/aromatic N) is 1. The number of allylic oxidation sites excluding steroid dienone is 2. The van der Waals surface area contributed by atoms with E-state index in [2.05, 4.69) is 20.4 Å². The molecule has 0 fully saturated rings. The molecule has 1 aromatic heterocycles. The summed E-state index contributed by atoms with van der Waals surface area (Å²) in [5.41, 5.74) is 12.5. The van der Waals surface area contributed by atoms with Gasteiger partial charge in [0.25, 0.3) is 0 Å². The molecular formula is C19H22F3N5O3. The Morgan fingerprint density at radius 2 is 1.87 bits per heavy atom. The minimum atomic E-state index is -4.75. The quantitative estimate of drug-likeness (QED) is 0.303. The minimum Gasteiger partial charge on any atom is -0.483 e. The molecular weight excluding hydrogens is 403 g/mol. The van der Waals surface area contributed by atoms with Gasteiger partial charge in [-0.3, -0.25) is 9.78 Å². The molecule has 0 bridgehead atoms. The zero-order valence-electron chi connectivity index (χ0n) is 16.2. The van der Waals surface area contributed by atoms with E-state index in [9.17, 15) is 18.0 Å². The molecule has 162 valence electrons. The molecule has 0 atom stereocenters. The van der Waals surface area contributed by atoms with Crippen molar-refractivity contribution < 1.29 is 27.4 Å². The number of carbonyl (C=O) groups excluding carboxylic acids is 1. The fourth-order valence-corrected chi connectivity index (χ4v) is 1.92. The van der Waals surface area contributed by atoms with Gasteiger partial charge in [0.05, 0.1) is 18.5 Å². The van der Waals surface area contributed by atoms with E-state index in [1.165, 1.54) is 37.5 Å². The Bertz CT molecular complexity index is 871. The number of methoxy groups -OCH3 is 1. The average Bonchev–Trinajstić information content (AvgIpc) is 2.73. The highest BCUT2D eigenvalue weighted by atomic mass is 19.4. The van der Waals surface area contributed by atoms with Crippen molar-refractivity contribution in [2.45, 2.75) is 6.36 Å². The minimum absolute atomic E-state index is 0.160. The summed E-state index contributed by atoms with van der Waals surface area (Å²) < 4.78 is 45.1. The van der Waals surface area contributed by atoms with Crippen LogP contribution in [-0.2, 0) is 4.74 Å². The van der Waals surface area contributed by atoms with Gasteiger partial charge >= 0.3 is 6.36 Å². The number of carbonyl (C=O) groups is 1. The van der Waals surface area contributed by atoms with Crippen molar-refractivity contribution in [2.75, 3.05) is 24.8 Å². The van der Waals surface area contributed by atoms with E-state index in [1.807, 2.05) is 0 Å². The second-order valence-electron chi connectivity index (χ2n) is 5.40. The fourth-order valence-electron chi connectivity index (χ4n) is 1.92. The first kappa shape index (κ1) is 24.1. The Morgan fingerprint density at radius 1 is 1.13 bits per heavy atom. The van der Waals surface area contributed by atoms with Crippen molar-refractivity contribution in [3.63, 3.8) is 0 Å². The van der Waals surface area contributed by atoms with Crippen LogP contribution in [0.4, 0.5) is 24.5 Å². The van der Waals surface area contributed by atoms with Crippen LogP contribution < -0.4 is 26.8 Å². The van der Waals surface area contributed by atoms with Crippen molar-refractivity contribution in [1.82, 2.24) is 4.98 Å². The molecule has 6 N–H and O–H groups in total. The smallest absolute Gasteiger partial charge is 0.483 e. The Balaban J connectivity index is 0.000000467. The van der Waals surface area contributed by atoms with Gasteiger partial charge in [-0.2, -0.15) is 0 Å². The topological polar surface area (TPSA) is 125 Å². The van der Waals surface area contributed by atoms with Crippen molar-refractivity contribution in [3.8, 4) is 5.75 Å². The highest BCUT2D eigenvalue weighted by Gasteiger charge is 2.31. The van der Waals surface area contributed by atoms with Crippen LogP contribution in [0.2, 0.25) is 0 Å². The van der Waals surface area contributed by atoms with Gasteiger partial charge < -0.3 is 31.6 Å². The van der Waals surface area contributed by atoms with E-state index in [0.29, 0.717) is 17.1 Å². The lowest BCUT2D eigenvalue weighted by Gasteiger charge is -2.15. The first-order valence-corrected chi connectivity index (χ1v) is 8.36. The molecule has 11 heteroatoms. The number of aromatic nitrogens is 1. The molecule has 0 saturated heterocycles. The number of halogens is 3. The Kier molecular flexibility index (Phi) is 9.53. The van der Waals surface area contributed by atoms with Gasteiger partial charge in [0.2, 0.25) is 0 Å². The fraction of sp³-hybridized carbons (Fsp3) is 0.158. The van der Waals surface area contributed by atoms with Crippen molar-refractivity contribution in [1.29, 1.82) is 0 Å². The number of ether oxygens (including phenoxy) is 2. The molecule has 0 aliphatic heterocycles. The number of anilines is 2. The molecule has 0 spiro atoms. The third kappa shape index (κ3) is 9.35. The number of benzene rings is 1. The normalized spacial score (nSPS) is 11.6. The molecule has 2 aromatic rings. The number of nitrogens with one attached hydrogen (secondary N) is 2. The molecule has 0 saturated carbocycles. The number of hydrogen-bond acceptors (Lipinski definition) is 8. The summed E-state index contributed by atoms with van der Waals surface area (Å²) in [5, 5.41) is 5.56. The number of alkyl halides is 3. The first-order chi connectivity index (χ1) is 14.2. The number of nitrogens with two attached hydrogens (primary N) is 2. The summed E-state index contributed by atoms with van der Waals surface area (Å²) in [7, 11) is 2.96. The molecule has 1 aromatic carbocycles. The van der Waals surface area contributed by atoms with Gasteiger partial charge in [0, 0.05) is 25.4 Å². The lowest BCUT2D eigenvalue weighted by atomic mass is 10.2. The highest BCUT2D eigenvalue weighted by molar-refractivity contribution is 5.72. The molecule has 0 aliphatic rings. The molecule has 30 heavy (non-hydrogen) atoms. The van der Waals surface area contributed by atoms with E-state index in [0.717, 1.165) is 6.29 Å². The second-order valence-corrected chi connectivity index (χ2v) is 5.40. The van der Waals surface area contributed by atoms with Crippen LogP contribution in [0.3, 0.4) is 0 Å². The number of rotatable bonds is 7. The van der Waals surface area contributed by atoms with Crippen molar-refractivity contribution in [3.05, 3.63) is 72.1 Å². The Labute approximate surface area is 171 Å². The number of hydrogen-bond donors (Lipinski definition) is 4. The highest BCUT2D eigenvalue weighted by Crippen LogP contribution is 2.30. The largest absolute Gasteiger partial charge is 0.573 e. The standard InChI is InChI=1S/C13H17F3N4O2.C6H5NO/c1-19-10-7-8(22-13(14,15)16)3-4-9(10)20-11(17)5-6-12(18)21-2;8-5-6-3-1-2-4-7-6/h3-7,19-20H,17-18H2,1-2H3;1-5H/b11-5+,12-6+;. The summed E-state index contributed by atoms with van der Waals surface area (Å²) >= 11 is 0. The third-order valence-corrected chi connectivity index (χ3v) is 3.24. The first-order valence-electron chi connectivity index (χ1n) is 8.36. The summed E-state index contributed by atoms with van der Waals surface area (Å²) in [4.78, 5) is 13.7. The zero-order valence-corrected chi connectivity index (χ0v) is 16.2. The molecule has 0 aliphatic carbocycles. The Hall–Kier alpha value is -3.89. The lowest BCUT2D eigenvalue weighted by molar-refractivity contribution is -0.274. The maximum atomic E-state index is 12.2. The van der Waals surface area contributed by atoms with E-state index in [4.69, 9.17) is 16.2 Å². The summed E-state index contributed by atoms with van der Waals surface area (Å²) in [6.07, 6.45) is 0.450. The van der Waals surface area contributed by atoms with Crippen LogP contribution >= 0.6 is 0 Å². The van der Waals surface area contributed by atoms with Crippen LogP contribution in [0.1, 0.15) is 10.5 Å². The average molecular weight is 425 g/mol. The van der Waals surface area contributed by atoms with Gasteiger partial charge in [0.15, 0.2) is 12.2 Å². The number of aldehydes is 1. The maximum Gasteiger partial charge on any atom is 0.573 e. The van der Waals surface area contributed by atoms with E-state index in [-0.39, 0.29) is 17.5 Å². The predicted molar refractivity (Wildman–Crippen MR) is 107 cm³/mol. The molecule has 0 radical (unpaired) electrons. The van der Waals surface area contributed by atoms with Crippen molar-refractivity contribution in [2.24, 2.45) is 11.5 Å². The molecule has 2 rings (SSSR count). The monoisotopic (exact) mass is 425 g/mol. The SMILES string of the molecule is CNc1cc(OC(F)(F)F)ccc1N/C(N)=C/C=C(\N)OC.O=Cc1ccccn1. The predicted octanol–water partition coefficient (Wildman–Crippen LogP) is 3.18. The zero-order chi connectivity index (χ0) is 22.6. The maximum absolute atomic E-state index is 12.2. The van der Waals surface area contributed by atoms with E-state index in [1.54, 1.807) is 31.4 Å².